The van der Waals surface area contributed by atoms with Gasteiger partial charge < -0.3 is 15.1 Å². The second kappa shape index (κ2) is 8.30. The molecule has 32 heavy (non-hydrogen) atoms. The lowest BCUT2D eigenvalue weighted by Gasteiger charge is -2.36. The number of hydrogen-bond acceptors (Lipinski definition) is 5. The maximum atomic E-state index is 12.6. The molecule has 2 aliphatic heterocycles. The SMILES string of the molecule is CC(C)c1cccc(Cn2cc(CNc3ccc4c(n3)N3CCC[C@H]3C(=O)N4C)cn2)c1. The predicted octanol–water partition coefficient (Wildman–Crippen LogP) is 4.01. The summed E-state index contributed by atoms with van der Waals surface area (Å²) in [6, 6.07) is 12.6. The van der Waals surface area contributed by atoms with Gasteiger partial charge in [-0.1, -0.05) is 38.1 Å². The van der Waals surface area contributed by atoms with Gasteiger partial charge in [0.25, 0.3) is 0 Å². The molecule has 1 fully saturated rings. The summed E-state index contributed by atoms with van der Waals surface area (Å²) in [6.45, 7) is 6.72. The molecule has 5 rings (SSSR count). The third-order valence-corrected chi connectivity index (χ3v) is 6.48. The van der Waals surface area contributed by atoms with Crippen molar-refractivity contribution in [2.24, 2.45) is 0 Å². The molecule has 3 aromatic rings. The number of nitrogens with one attached hydrogen (secondary N) is 1. The van der Waals surface area contributed by atoms with Crippen molar-refractivity contribution in [2.75, 3.05) is 28.7 Å². The van der Waals surface area contributed by atoms with Gasteiger partial charge in [0.2, 0.25) is 5.91 Å². The molecule has 1 saturated heterocycles. The maximum Gasteiger partial charge on any atom is 0.249 e. The van der Waals surface area contributed by atoms with Crippen molar-refractivity contribution in [3.05, 3.63) is 65.5 Å². The second-order valence-electron chi connectivity index (χ2n) is 9.09. The molecule has 0 saturated carbocycles. The molecule has 7 heteroatoms. The lowest BCUT2D eigenvalue weighted by Crippen LogP contribution is -2.49. The zero-order chi connectivity index (χ0) is 22.2. The Morgan fingerprint density at radius 3 is 2.91 bits per heavy atom. The summed E-state index contributed by atoms with van der Waals surface area (Å²) in [4.78, 5) is 21.3. The van der Waals surface area contributed by atoms with Crippen LogP contribution >= 0.6 is 0 Å². The normalized spacial score (nSPS) is 17.6. The minimum atomic E-state index is -0.0670. The smallest absolute Gasteiger partial charge is 0.249 e. The van der Waals surface area contributed by atoms with Crippen molar-refractivity contribution in [1.29, 1.82) is 0 Å². The van der Waals surface area contributed by atoms with Crippen LogP contribution in [0.1, 0.15) is 49.3 Å². The van der Waals surface area contributed by atoms with Crippen LogP contribution in [0.15, 0.2) is 48.8 Å². The fourth-order valence-corrected chi connectivity index (χ4v) is 4.65. The molecule has 1 aromatic carbocycles. The summed E-state index contributed by atoms with van der Waals surface area (Å²) in [5.74, 6) is 2.41. The number of likely N-dealkylation sites (N-methyl/N-ethyl adjacent to an activating group) is 1. The topological polar surface area (TPSA) is 66.3 Å². The van der Waals surface area contributed by atoms with Gasteiger partial charge in [-0.2, -0.15) is 5.10 Å². The van der Waals surface area contributed by atoms with Crippen molar-refractivity contribution in [3.8, 4) is 0 Å². The zero-order valence-electron chi connectivity index (χ0n) is 19.0. The lowest BCUT2D eigenvalue weighted by molar-refractivity contribution is -0.119. The Morgan fingerprint density at radius 2 is 2.06 bits per heavy atom. The summed E-state index contributed by atoms with van der Waals surface area (Å²) in [7, 11) is 1.84. The van der Waals surface area contributed by atoms with E-state index >= 15 is 0 Å². The number of rotatable bonds is 6. The van der Waals surface area contributed by atoms with Crippen molar-refractivity contribution in [1.82, 2.24) is 14.8 Å². The second-order valence-corrected chi connectivity index (χ2v) is 9.09. The van der Waals surface area contributed by atoms with E-state index in [9.17, 15) is 4.79 Å². The summed E-state index contributed by atoms with van der Waals surface area (Å²) in [5, 5.41) is 7.96. The Bertz CT molecular complexity index is 1140. The largest absolute Gasteiger partial charge is 0.366 e. The zero-order valence-corrected chi connectivity index (χ0v) is 19.0. The first-order chi connectivity index (χ1) is 15.5. The molecule has 2 aromatic heterocycles. The standard InChI is InChI=1S/C25H30N6O/c1-17(2)20-7-4-6-18(12-20)15-30-16-19(14-27-30)13-26-23-10-9-21-24(28-23)31-11-5-8-22(31)25(32)29(21)3/h4,6-7,9-10,12,14,16-17,22H,5,8,11,13,15H2,1-3H3,(H,26,28)/t22-/m0/s1. The van der Waals surface area contributed by atoms with Crippen LogP contribution in [0.5, 0.6) is 0 Å². The average Bonchev–Trinajstić information content (AvgIpc) is 3.46. The number of nitrogens with zero attached hydrogens (tertiary/aromatic N) is 5. The molecule has 1 amide bonds. The molecular weight excluding hydrogens is 400 g/mol. The van der Waals surface area contributed by atoms with Crippen LogP contribution in [0.3, 0.4) is 0 Å². The Kier molecular flexibility index (Phi) is 5.33. The summed E-state index contributed by atoms with van der Waals surface area (Å²) in [6.07, 6.45) is 5.92. The third kappa shape index (κ3) is 3.83. The third-order valence-electron chi connectivity index (χ3n) is 6.48. The molecule has 7 nitrogen and oxygen atoms in total. The molecule has 166 valence electrons. The number of hydrogen-bond donors (Lipinski definition) is 1. The van der Waals surface area contributed by atoms with E-state index < -0.39 is 0 Å². The molecule has 2 aliphatic rings. The van der Waals surface area contributed by atoms with E-state index in [0.717, 1.165) is 48.8 Å². The van der Waals surface area contributed by atoms with Gasteiger partial charge in [0, 0.05) is 31.9 Å². The van der Waals surface area contributed by atoms with Gasteiger partial charge >= 0.3 is 0 Å². The van der Waals surface area contributed by atoms with Gasteiger partial charge in [0.15, 0.2) is 5.82 Å². The number of amides is 1. The van der Waals surface area contributed by atoms with Gasteiger partial charge in [-0.25, -0.2) is 4.98 Å². The summed E-state index contributed by atoms with van der Waals surface area (Å²) < 4.78 is 1.98. The Hall–Kier alpha value is -3.35. The molecule has 0 radical (unpaired) electrons. The van der Waals surface area contributed by atoms with E-state index in [1.165, 1.54) is 11.1 Å². The van der Waals surface area contributed by atoms with Crippen LogP contribution < -0.4 is 15.1 Å². The number of benzene rings is 1. The molecule has 0 unspecified atom stereocenters. The highest BCUT2D eigenvalue weighted by molar-refractivity contribution is 6.04. The molecule has 1 N–H and O–H groups in total. The van der Waals surface area contributed by atoms with Crippen LogP contribution in [0, 0.1) is 0 Å². The monoisotopic (exact) mass is 430 g/mol. The summed E-state index contributed by atoms with van der Waals surface area (Å²) in [5.41, 5.74) is 4.60. The van der Waals surface area contributed by atoms with E-state index in [0.29, 0.717) is 12.5 Å². The number of aromatic nitrogens is 3. The van der Waals surface area contributed by atoms with Gasteiger partial charge in [-0.15, -0.1) is 0 Å². The average molecular weight is 431 g/mol. The Morgan fingerprint density at radius 1 is 1.19 bits per heavy atom. The first-order valence-electron chi connectivity index (χ1n) is 11.4. The van der Waals surface area contributed by atoms with Gasteiger partial charge in [-0.3, -0.25) is 9.48 Å². The minimum Gasteiger partial charge on any atom is -0.366 e. The van der Waals surface area contributed by atoms with Gasteiger partial charge in [0.05, 0.1) is 18.4 Å². The van der Waals surface area contributed by atoms with Gasteiger partial charge in [-0.05, 0) is 42.0 Å². The fourth-order valence-electron chi connectivity index (χ4n) is 4.65. The Labute approximate surface area is 189 Å². The number of carbonyl (C=O) groups excluding carboxylic acids is 1. The predicted molar refractivity (Wildman–Crippen MR) is 127 cm³/mol. The van der Waals surface area contributed by atoms with Crippen LogP contribution in [0.2, 0.25) is 0 Å². The van der Waals surface area contributed by atoms with Crippen molar-refractivity contribution < 1.29 is 4.79 Å². The highest BCUT2D eigenvalue weighted by Gasteiger charge is 2.40. The Balaban J connectivity index is 1.26. The molecule has 0 aliphatic carbocycles. The number of anilines is 3. The van der Waals surface area contributed by atoms with Crippen LogP contribution in [-0.4, -0.2) is 40.3 Å². The van der Waals surface area contributed by atoms with Gasteiger partial charge in [0.1, 0.15) is 11.9 Å². The van der Waals surface area contributed by atoms with E-state index in [1.807, 2.05) is 30.1 Å². The first kappa shape index (κ1) is 20.5. The van der Waals surface area contributed by atoms with E-state index in [-0.39, 0.29) is 11.9 Å². The number of carbonyl (C=O) groups is 1. The van der Waals surface area contributed by atoms with Crippen LogP contribution in [-0.2, 0) is 17.9 Å². The van der Waals surface area contributed by atoms with E-state index in [2.05, 4.69) is 59.6 Å². The van der Waals surface area contributed by atoms with Crippen LogP contribution in [0.4, 0.5) is 17.3 Å². The minimum absolute atomic E-state index is 0.0670. The molecule has 4 heterocycles. The highest BCUT2D eigenvalue weighted by Crippen LogP contribution is 2.38. The number of pyridine rings is 1. The number of fused-ring (bicyclic) bond motifs is 3. The quantitative estimate of drug-likeness (QED) is 0.640. The van der Waals surface area contributed by atoms with E-state index in [1.54, 1.807) is 4.90 Å². The molecular formula is C25H30N6O. The molecule has 0 spiro atoms. The van der Waals surface area contributed by atoms with Crippen molar-refractivity contribution >= 4 is 23.2 Å². The van der Waals surface area contributed by atoms with E-state index in [4.69, 9.17) is 4.98 Å². The van der Waals surface area contributed by atoms with Crippen molar-refractivity contribution in [3.63, 3.8) is 0 Å². The first-order valence-corrected chi connectivity index (χ1v) is 11.4. The van der Waals surface area contributed by atoms with Crippen molar-refractivity contribution in [2.45, 2.75) is 51.7 Å². The summed E-state index contributed by atoms with van der Waals surface area (Å²) >= 11 is 0. The maximum absolute atomic E-state index is 12.6. The molecule has 0 bridgehead atoms. The van der Waals surface area contributed by atoms with Crippen LogP contribution in [0.25, 0.3) is 0 Å². The lowest BCUT2D eigenvalue weighted by atomic mass is 10.0. The molecule has 1 atom stereocenters. The highest BCUT2D eigenvalue weighted by atomic mass is 16.2. The fraction of sp³-hybridized carbons (Fsp3) is 0.400.